The van der Waals surface area contributed by atoms with E-state index in [1.54, 1.807) is 0 Å². The van der Waals surface area contributed by atoms with Crippen LogP contribution in [0, 0.1) is 0 Å². The Hall–Kier alpha value is -2.68. The highest BCUT2D eigenvalue weighted by Gasteiger charge is 2.12. The Labute approximate surface area is 165 Å². The summed E-state index contributed by atoms with van der Waals surface area (Å²) in [5.41, 5.74) is 14.1. The van der Waals surface area contributed by atoms with E-state index in [-0.39, 0.29) is 6.61 Å². The molecule has 0 amide bonds. The van der Waals surface area contributed by atoms with E-state index in [1.165, 1.54) is 5.56 Å². The van der Waals surface area contributed by atoms with Gasteiger partial charge in [-0.2, -0.15) is 9.61 Å². The first kappa shape index (κ1) is 21.6. The summed E-state index contributed by atoms with van der Waals surface area (Å²) in [5, 5.41) is 24.5. The maximum atomic E-state index is 8.53. The zero-order valence-electron chi connectivity index (χ0n) is 16.4. The molecule has 1 unspecified atom stereocenters. The van der Waals surface area contributed by atoms with Crippen molar-refractivity contribution in [3.63, 3.8) is 0 Å². The second kappa shape index (κ2) is 10.6. The van der Waals surface area contributed by atoms with Gasteiger partial charge in [-0.1, -0.05) is 44.2 Å². The maximum absolute atomic E-state index is 8.53. The number of hydrogen-bond donors (Lipinski definition) is 5. The van der Waals surface area contributed by atoms with Gasteiger partial charge in [-0.3, -0.25) is 0 Å². The third-order valence-electron chi connectivity index (χ3n) is 4.17. The molecule has 3 aromatic rings. The number of nitrogens with two attached hydrogens (primary N) is 2. The molecule has 1 atom stereocenters. The molecule has 0 aliphatic carbocycles. The van der Waals surface area contributed by atoms with Crippen LogP contribution in [0.5, 0.6) is 0 Å². The molecule has 28 heavy (non-hydrogen) atoms. The van der Waals surface area contributed by atoms with Gasteiger partial charge in [0.25, 0.3) is 0 Å². The van der Waals surface area contributed by atoms with E-state index in [1.807, 2.05) is 35.0 Å². The molecule has 0 radical (unpaired) electrons. The van der Waals surface area contributed by atoms with Crippen molar-refractivity contribution < 1.29 is 10.2 Å². The second-order valence-electron chi connectivity index (χ2n) is 6.81. The quantitative estimate of drug-likeness (QED) is 0.417. The van der Waals surface area contributed by atoms with Crippen LogP contribution in [0.25, 0.3) is 5.65 Å². The third kappa shape index (κ3) is 5.91. The van der Waals surface area contributed by atoms with Crippen LogP contribution in [0.4, 0.5) is 11.6 Å². The number of benzene rings is 1. The smallest absolute Gasteiger partial charge is 0.163 e. The minimum absolute atomic E-state index is 0.183. The van der Waals surface area contributed by atoms with Gasteiger partial charge in [0.1, 0.15) is 11.6 Å². The van der Waals surface area contributed by atoms with Crippen LogP contribution in [0.3, 0.4) is 0 Å². The highest BCUT2D eigenvalue weighted by atomic mass is 16.3. The summed E-state index contributed by atoms with van der Waals surface area (Å²) in [4.78, 5) is 4.41. The molecule has 8 heteroatoms. The molecule has 0 fully saturated rings. The van der Waals surface area contributed by atoms with Crippen molar-refractivity contribution >= 4 is 17.3 Å². The number of nitrogens with one attached hydrogen (secondary N) is 1. The predicted octanol–water partition coefficient (Wildman–Crippen LogP) is 1.74. The van der Waals surface area contributed by atoms with Crippen molar-refractivity contribution in [2.24, 2.45) is 5.73 Å². The fourth-order valence-electron chi connectivity index (χ4n) is 2.60. The van der Waals surface area contributed by atoms with E-state index in [9.17, 15) is 0 Å². The Kier molecular flexibility index (Phi) is 8.19. The van der Waals surface area contributed by atoms with E-state index in [2.05, 4.69) is 41.4 Å². The first-order valence-corrected chi connectivity index (χ1v) is 9.37. The van der Waals surface area contributed by atoms with E-state index < -0.39 is 6.10 Å². The number of hydrogen-bond acceptors (Lipinski definition) is 7. The largest absolute Gasteiger partial charge is 0.394 e. The lowest BCUT2D eigenvalue weighted by Crippen LogP contribution is -2.16. The van der Waals surface area contributed by atoms with Gasteiger partial charge in [0, 0.05) is 18.2 Å². The number of nitrogen functional groups attached to an aromatic ring is 1. The molecule has 2 aromatic heterocycles. The Morgan fingerprint density at radius 3 is 2.50 bits per heavy atom. The summed E-state index contributed by atoms with van der Waals surface area (Å²) < 4.78 is 1.81. The van der Waals surface area contributed by atoms with Gasteiger partial charge in [0.05, 0.1) is 18.9 Å². The molecule has 0 saturated carbocycles. The summed E-state index contributed by atoms with van der Waals surface area (Å²) in [5.74, 6) is 1.72. The molecule has 3 rings (SSSR count). The van der Waals surface area contributed by atoms with E-state index in [0.29, 0.717) is 24.7 Å². The number of aromatic nitrogens is 3. The molecule has 0 spiro atoms. The topological polar surface area (TPSA) is 135 Å². The lowest BCUT2D eigenvalue weighted by atomic mass is 10.1. The molecule has 0 saturated heterocycles. The molecule has 8 nitrogen and oxygen atoms in total. The Morgan fingerprint density at radius 2 is 1.93 bits per heavy atom. The van der Waals surface area contributed by atoms with Gasteiger partial charge in [0.2, 0.25) is 0 Å². The monoisotopic (exact) mass is 386 g/mol. The summed E-state index contributed by atoms with van der Waals surface area (Å²) in [6.07, 6.45) is 1.72. The highest BCUT2D eigenvalue weighted by Crippen LogP contribution is 2.23. The summed E-state index contributed by atoms with van der Waals surface area (Å²) in [7, 11) is 0. The molecule has 0 bridgehead atoms. The summed E-state index contributed by atoms with van der Waals surface area (Å²) >= 11 is 0. The van der Waals surface area contributed by atoms with Gasteiger partial charge in [0.15, 0.2) is 5.65 Å². The molecule has 7 N–H and O–H groups in total. The number of aliphatic hydroxyl groups excluding tert-OH is 2. The molecule has 0 aliphatic rings. The van der Waals surface area contributed by atoms with Crippen molar-refractivity contribution in [1.29, 1.82) is 0 Å². The number of nitrogens with zero attached hydrogens (tertiary/aromatic N) is 3. The van der Waals surface area contributed by atoms with Crippen molar-refractivity contribution in [2.75, 3.05) is 24.2 Å². The average Bonchev–Trinajstić information content (AvgIpc) is 3.11. The number of rotatable bonds is 7. The summed E-state index contributed by atoms with van der Waals surface area (Å²) in [6.45, 7) is 5.22. The fourth-order valence-corrected chi connectivity index (χ4v) is 2.60. The first-order valence-electron chi connectivity index (χ1n) is 9.37. The van der Waals surface area contributed by atoms with Gasteiger partial charge < -0.3 is 27.0 Å². The van der Waals surface area contributed by atoms with Crippen molar-refractivity contribution in [3.05, 3.63) is 53.7 Å². The van der Waals surface area contributed by atoms with Crippen molar-refractivity contribution in [1.82, 2.24) is 14.6 Å². The molecule has 2 heterocycles. The van der Waals surface area contributed by atoms with E-state index in [4.69, 9.17) is 21.7 Å². The number of aliphatic hydroxyl groups is 2. The lowest BCUT2D eigenvalue weighted by Gasteiger charge is -2.10. The van der Waals surface area contributed by atoms with Crippen molar-refractivity contribution in [3.8, 4) is 0 Å². The van der Waals surface area contributed by atoms with Crippen LogP contribution in [0.1, 0.15) is 37.3 Å². The van der Waals surface area contributed by atoms with E-state index in [0.717, 1.165) is 23.6 Å². The zero-order chi connectivity index (χ0) is 20.5. The van der Waals surface area contributed by atoms with Crippen molar-refractivity contribution in [2.45, 2.75) is 38.8 Å². The van der Waals surface area contributed by atoms with Crippen LogP contribution in [-0.4, -0.2) is 44.1 Å². The Morgan fingerprint density at radius 1 is 1.21 bits per heavy atom. The molecule has 152 valence electrons. The molecule has 1 aromatic carbocycles. The van der Waals surface area contributed by atoms with Crippen LogP contribution in [-0.2, 0) is 6.54 Å². The first-order chi connectivity index (χ1) is 13.5. The standard InChI is InChI=1S/C16H19N5.C4H11NO2/c1-11(2)13-10-19-21-15(8-14(17)20-16(13)21)18-9-12-6-4-3-5-7-12;5-2-1-4(7)3-6/h3-8,10-11,18H,9H2,1-2H3,(H2,17,20);4,6-7H,1-3,5H2. The van der Waals surface area contributed by atoms with Gasteiger partial charge in [-0.15, -0.1) is 0 Å². The average molecular weight is 387 g/mol. The van der Waals surface area contributed by atoms with Gasteiger partial charge in [-0.05, 0) is 24.4 Å². The molecule has 0 aliphatic heterocycles. The minimum Gasteiger partial charge on any atom is -0.394 e. The van der Waals surface area contributed by atoms with E-state index >= 15 is 0 Å². The van der Waals surface area contributed by atoms with Crippen LogP contribution >= 0.6 is 0 Å². The molecular weight excluding hydrogens is 356 g/mol. The fraction of sp³-hybridized carbons (Fsp3) is 0.400. The van der Waals surface area contributed by atoms with Gasteiger partial charge in [-0.25, -0.2) is 4.98 Å². The van der Waals surface area contributed by atoms with Crippen LogP contribution < -0.4 is 16.8 Å². The predicted molar refractivity (Wildman–Crippen MR) is 112 cm³/mol. The third-order valence-corrected chi connectivity index (χ3v) is 4.17. The van der Waals surface area contributed by atoms with Crippen LogP contribution in [0.2, 0.25) is 0 Å². The minimum atomic E-state index is -0.620. The normalized spacial score (nSPS) is 11.9. The SMILES string of the molecule is CC(C)c1cnn2c(NCc3ccccc3)cc(N)nc12.NCCC(O)CO. The van der Waals surface area contributed by atoms with Gasteiger partial charge >= 0.3 is 0 Å². The zero-order valence-corrected chi connectivity index (χ0v) is 16.4. The Balaban J connectivity index is 0.000000345. The highest BCUT2D eigenvalue weighted by molar-refractivity contribution is 5.59. The number of fused-ring (bicyclic) bond motifs is 1. The number of anilines is 2. The summed E-state index contributed by atoms with van der Waals surface area (Å²) in [6, 6.07) is 12.0. The Bertz CT molecular complexity index is 851. The lowest BCUT2D eigenvalue weighted by molar-refractivity contribution is 0.0902. The molecular formula is C20H30N6O2. The van der Waals surface area contributed by atoms with Crippen LogP contribution in [0.15, 0.2) is 42.6 Å². The second-order valence-corrected chi connectivity index (χ2v) is 6.81. The maximum Gasteiger partial charge on any atom is 0.163 e.